The van der Waals surface area contributed by atoms with E-state index in [4.69, 9.17) is 0 Å². The SMILES string of the molecule is CCCCCCCCCCCCCC/C=C\CCCCCCCCCCCCCCCCCC(O)C(=O)NC(CO)C(O)C(O)CCCCCCCCCCCCCCCCCCCCCCCCC. The van der Waals surface area contributed by atoms with E-state index in [0.717, 1.165) is 38.5 Å². The van der Waals surface area contributed by atoms with Gasteiger partial charge < -0.3 is 25.7 Å². The molecule has 0 aromatic rings. The monoisotopic (exact) mass is 990 g/mol. The first kappa shape index (κ1) is 69.0. The number of allylic oxidation sites excluding steroid dienone is 2. The summed E-state index contributed by atoms with van der Waals surface area (Å²) in [6, 6.07) is -0.983. The number of carbonyl (C=O) groups excluding carboxylic acids is 1. The molecule has 0 saturated heterocycles. The lowest BCUT2D eigenvalue weighted by atomic mass is 9.99. The summed E-state index contributed by atoms with van der Waals surface area (Å²) in [5.74, 6) is -0.576. The molecular formula is C64H127NO5. The van der Waals surface area contributed by atoms with Gasteiger partial charge in [-0.25, -0.2) is 0 Å². The molecule has 0 fully saturated rings. The summed E-state index contributed by atoms with van der Waals surface area (Å²) in [5.41, 5.74) is 0. The highest BCUT2D eigenvalue weighted by Crippen LogP contribution is 2.19. The third-order valence-corrected chi connectivity index (χ3v) is 15.5. The van der Waals surface area contributed by atoms with Gasteiger partial charge in [0.15, 0.2) is 0 Å². The summed E-state index contributed by atoms with van der Waals surface area (Å²) in [7, 11) is 0. The number of hydrogen-bond donors (Lipinski definition) is 5. The highest BCUT2D eigenvalue weighted by Gasteiger charge is 2.28. The van der Waals surface area contributed by atoms with Crippen molar-refractivity contribution in [3.8, 4) is 0 Å². The molecule has 0 aromatic carbocycles. The molecule has 6 nitrogen and oxygen atoms in total. The first-order chi connectivity index (χ1) is 34.5. The Hall–Kier alpha value is -0.950. The van der Waals surface area contributed by atoms with Crippen LogP contribution in [0.2, 0.25) is 0 Å². The average molecular weight is 991 g/mol. The minimum atomic E-state index is -1.26. The van der Waals surface area contributed by atoms with E-state index < -0.39 is 36.9 Å². The van der Waals surface area contributed by atoms with Crippen molar-refractivity contribution in [2.45, 2.75) is 385 Å². The number of carbonyl (C=O) groups is 1. The van der Waals surface area contributed by atoms with Crippen LogP contribution in [0.3, 0.4) is 0 Å². The van der Waals surface area contributed by atoms with Crippen LogP contribution in [-0.2, 0) is 4.79 Å². The second-order valence-electron chi connectivity index (χ2n) is 22.5. The Bertz CT molecular complexity index is 1020. The highest BCUT2D eigenvalue weighted by atomic mass is 16.3. The van der Waals surface area contributed by atoms with Crippen LogP contribution in [0.1, 0.15) is 361 Å². The van der Waals surface area contributed by atoms with Crippen LogP contribution < -0.4 is 5.32 Å². The molecule has 0 aromatic heterocycles. The number of aliphatic hydroxyl groups is 4. The smallest absolute Gasteiger partial charge is 0.249 e. The van der Waals surface area contributed by atoms with E-state index in [2.05, 4.69) is 31.3 Å². The van der Waals surface area contributed by atoms with E-state index in [1.54, 1.807) is 0 Å². The molecule has 0 aliphatic heterocycles. The van der Waals surface area contributed by atoms with Gasteiger partial charge in [-0.3, -0.25) is 4.79 Å². The van der Waals surface area contributed by atoms with Crippen LogP contribution in [0, 0.1) is 0 Å². The molecule has 4 atom stereocenters. The van der Waals surface area contributed by atoms with Gasteiger partial charge in [-0.1, -0.05) is 334 Å². The second-order valence-corrected chi connectivity index (χ2v) is 22.5. The highest BCUT2D eigenvalue weighted by molar-refractivity contribution is 5.80. The summed E-state index contributed by atoms with van der Waals surface area (Å²) in [6.07, 6.45) is 71.7. The van der Waals surface area contributed by atoms with Crippen molar-refractivity contribution in [2.75, 3.05) is 6.61 Å². The molecule has 70 heavy (non-hydrogen) atoms. The van der Waals surface area contributed by atoms with Crippen LogP contribution in [0.4, 0.5) is 0 Å². The van der Waals surface area contributed by atoms with Gasteiger partial charge in [0.05, 0.1) is 18.8 Å². The predicted octanol–water partition coefficient (Wildman–Crippen LogP) is 19.2. The standard InChI is InChI=1S/C64H127NO5/c1-3-5-7-9-11-13-15-17-19-21-23-25-27-28-29-30-31-32-33-34-36-38-40-42-44-46-48-50-52-54-56-58-62(68)64(70)65-60(59-66)63(69)61(67)57-55-53-51-49-47-45-43-41-39-37-35-26-24-22-20-18-16-14-12-10-8-6-4-2/h28-29,60-63,66-69H,3-27,30-59H2,1-2H3,(H,65,70)/b29-28-. The Kier molecular flexibility index (Phi) is 58.1. The minimum absolute atomic E-state index is 0.374. The van der Waals surface area contributed by atoms with E-state index in [1.807, 2.05) is 0 Å². The Morgan fingerprint density at radius 1 is 0.343 bits per heavy atom. The average Bonchev–Trinajstić information content (AvgIpc) is 3.36. The summed E-state index contributed by atoms with van der Waals surface area (Å²) >= 11 is 0. The maximum atomic E-state index is 12.6. The van der Waals surface area contributed by atoms with E-state index >= 15 is 0 Å². The lowest BCUT2D eigenvalue weighted by Crippen LogP contribution is -2.53. The molecule has 0 aliphatic rings. The van der Waals surface area contributed by atoms with Gasteiger partial charge in [-0.2, -0.15) is 0 Å². The number of aliphatic hydroxyl groups excluding tert-OH is 4. The summed E-state index contributed by atoms with van der Waals surface area (Å²) < 4.78 is 0. The lowest BCUT2D eigenvalue weighted by molar-refractivity contribution is -0.132. The number of rotatable bonds is 60. The molecule has 4 unspecified atom stereocenters. The van der Waals surface area contributed by atoms with Gasteiger partial charge in [-0.15, -0.1) is 0 Å². The van der Waals surface area contributed by atoms with Crippen LogP contribution in [-0.4, -0.2) is 57.3 Å². The third-order valence-electron chi connectivity index (χ3n) is 15.5. The van der Waals surface area contributed by atoms with E-state index in [9.17, 15) is 25.2 Å². The molecule has 418 valence electrons. The zero-order valence-electron chi connectivity index (χ0n) is 47.6. The minimum Gasteiger partial charge on any atom is -0.394 e. The summed E-state index contributed by atoms with van der Waals surface area (Å²) in [6.45, 7) is 4.11. The molecule has 0 saturated carbocycles. The van der Waals surface area contributed by atoms with Crippen molar-refractivity contribution in [1.29, 1.82) is 0 Å². The van der Waals surface area contributed by atoms with Gasteiger partial charge >= 0.3 is 0 Å². The Balaban J connectivity index is 3.55. The summed E-state index contributed by atoms with van der Waals surface area (Å²) in [5, 5.41) is 44.2. The number of nitrogens with one attached hydrogen (secondary N) is 1. The molecule has 0 aliphatic carbocycles. The van der Waals surface area contributed by atoms with Crippen LogP contribution in [0.25, 0.3) is 0 Å². The van der Waals surface area contributed by atoms with Crippen molar-refractivity contribution in [1.82, 2.24) is 5.32 Å². The van der Waals surface area contributed by atoms with Gasteiger partial charge in [0.25, 0.3) is 0 Å². The molecule has 1 amide bonds. The van der Waals surface area contributed by atoms with Gasteiger partial charge in [0, 0.05) is 0 Å². The lowest BCUT2D eigenvalue weighted by Gasteiger charge is -2.27. The molecule has 0 heterocycles. The van der Waals surface area contributed by atoms with E-state index in [1.165, 1.54) is 295 Å². The molecule has 0 bridgehead atoms. The topological polar surface area (TPSA) is 110 Å². The molecule has 0 rings (SSSR count). The third kappa shape index (κ3) is 51.9. The zero-order chi connectivity index (χ0) is 50.9. The maximum absolute atomic E-state index is 12.6. The van der Waals surface area contributed by atoms with Crippen molar-refractivity contribution >= 4 is 5.91 Å². The van der Waals surface area contributed by atoms with Crippen molar-refractivity contribution in [3.63, 3.8) is 0 Å². The first-order valence-corrected chi connectivity index (χ1v) is 32.1. The van der Waals surface area contributed by atoms with Crippen molar-refractivity contribution < 1.29 is 25.2 Å². The van der Waals surface area contributed by atoms with Gasteiger partial charge in [0.2, 0.25) is 5.91 Å². The fourth-order valence-electron chi connectivity index (χ4n) is 10.5. The first-order valence-electron chi connectivity index (χ1n) is 32.1. The van der Waals surface area contributed by atoms with Crippen LogP contribution in [0.15, 0.2) is 12.2 Å². The number of amides is 1. The Morgan fingerprint density at radius 3 is 0.829 bits per heavy atom. The molecule has 6 heteroatoms. The zero-order valence-corrected chi connectivity index (χ0v) is 47.6. The predicted molar refractivity (Wildman–Crippen MR) is 307 cm³/mol. The molecule has 0 radical (unpaired) electrons. The summed E-state index contributed by atoms with van der Waals surface area (Å²) in [4.78, 5) is 12.6. The van der Waals surface area contributed by atoms with Crippen LogP contribution >= 0.6 is 0 Å². The van der Waals surface area contributed by atoms with E-state index in [-0.39, 0.29) is 0 Å². The fraction of sp³-hybridized carbons (Fsp3) is 0.953. The van der Waals surface area contributed by atoms with Crippen molar-refractivity contribution in [3.05, 3.63) is 12.2 Å². The molecule has 0 spiro atoms. The molecule has 5 N–H and O–H groups in total. The maximum Gasteiger partial charge on any atom is 0.249 e. The Morgan fingerprint density at radius 2 is 0.571 bits per heavy atom. The number of hydrogen-bond acceptors (Lipinski definition) is 5. The van der Waals surface area contributed by atoms with Gasteiger partial charge in [0.1, 0.15) is 12.2 Å². The van der Waals surface area contributed by atoms with Crippen molar-refractivity contribution in [2.24, 2.45) is 0 Å². The van der Waals surface area contributed by atoms with E-state index in [0.29, 0.717) is 12.8 Å². The normalized spacial score (nSPS) is 13.6. The fourth-order valence-corrected chi connectivity index (χ4v) is 10.5. The molecular weight excluding hydrogens is 863 g/mol. The largest absolute Gasteiger partial charge is 0.394 e. The second kappa shape index (κ2) is 58.9. The Labute approximate surface area is 438 Å². The van der Waals surface area contributed by atoms with Gasteiger partial charge in [-0.05, 0) is 38.5 Å². The number of unbranched alkanes of at least 4 members (excludes halogenated alkanes) is 49. The quantitative estimate of drug-likeness (QED) is 0.0308. The van der Waals surface area contributed by atoms with Crippen LogP contribution in [0.5, 0.6) is 0 Å².